The molecule has 0 aromatic carbocycles. The molecule has 6 heteroatoms. The summed E-state index contributed by atoms with van der Waals surface area (Å²) in [6.45, 7) is 4.82. The SMILES string of the molecule is CC1CCCN(Cc2c(O)c(=O)cc(CO)n2CCCO)C1. The fourth-order valence-electron chi connectivity index (χ4n) is 3.18. The molecule has 0 radical (unpaired) electrons. The number of hydrogen-bond donors (Lipinski definition) is 3. The van der Waals surface area contributed by atoms with Gasteiger partial charge < -0.3 is 19.9 Å². The average Bonchev–Trinajstić information content (AvgIpc) is 2.50. The molecule has 0 amide bonds. The summed E-state index contributed by atoms with van der Waals surface area (Å²) in [5, 5.41) is 28.7. The first-order chi connectivity index (χ1) is 10.6. The van der Waals surface area contributed by atoms with Crippen molar-refractivity contribution in [3.05, 3.63) is 27.7 Å². The quantitative estimate of drug-likeness (QED) is 0.719. The number of nitrogens with zero attached hydrogens (tertiary/aromatic N) is 2. The maximum Gasteiger partial charge on any atom is 0.223 e. The largest absolute Gasteiger partial charge is 0.503 e. The molecule has 6 nitrogen and oxygen atoms in total. The molecule has 1 unspecified atom stereocenters. The highest BCUT2D eigenvalue weighted by atomic mass is 16.3. The van der Waals surface area contributed by atoms with Crippen molar-refractivity contribution < 1.29 is 15.3 Å². The van der Waals surface area contributed by atoms with Gasteiger partial charge in [-0.05, 0) is 31.7 Å². The smallest absolute Gasteiger partial charge is 0.223 e. The number of aromatic nitrogens is 1. The van der Waals surface area contributed by atoms with Gasteiger partial charge in [0.1, 0.15) is 0 Å². The van der Waals surface area contributed by atoms with Crippen molar-refractivity contribution in [1.82, 2.24) is 9.47 Å². The van der Waals surface area contributed by atoms with Crippen molar-refractivity contribution in [2.75, 3.05) is 19.7 Å². The zero-order valence-corrected chi connectivity index (χ0v) is 13.2. The van der Waals surface area contributed by atoms with Crippen LogP contribution >= 0.6 is 0 Å². The standard InChI is InChI=1S/C16H26N2O4/c1-12-4-2-5-17(9-12)10-14-16(22)15(21)8-13(11-20)18(14)6-3-7-19/h8,12,19-20,22H,2-7,9-11H2,1H3. The molecule has 1 fully saturated rings. The summed E-state index contributed by atoms with van der Waals surface area (Å²) in [4.78, 5) is 14.1. The molecule has 1 aromatic heterocycles. The van der Waals surface area contributed by atoms with E-state index in [0.717, 1.165) is 19.5 Å². The summed E-state index contributed by atoms with van der Waals surface area (Å²) >= 11 is 0. The van der Waals surface area contributed by atoms with Crippen LogP contribution in [0, 0.1) is 5.92 Å². The number of aliphatic hydroxyl groups is 2. The highest BCUT2D eigenvalue weighted by Gasteiger charge is 2.21. The minimum absolute atomic E-state index is 0.0257. The van der Waals surface area contributed by atoms with Crippen LogP contribution in [-0.4, -0.2) is 44.5 Å². The van der Waals surface area contributed by atoms with Crippen LogP contribution < -0.4 is 5.43 Å². The molecule has 2 rings (SSSR count). The first-order valence-electron chi connectivity index (χ1n) is 7.95. The normalized spacial score (nSPS) is 19.5. The van der Waals surface area contributed by atoms with Gasteiger partial charge in [-0.15, -0.1) is 0 Å². The van der Waals surface area contributed by atoms with Gasteiger partial charge in [-0.1, -0.05) is 6.92 Å². The van der Waals surface area contributed by atoms with Crippen molar-refractivity contribution in [2.45, 2.75) is 45.9 Å². The monoisotopic (exact) mass is 310 g/mol. The third-order valence-corrected chi connectivity index (χ3v) is 4.29. The molecule has 2 heterocycles. The Labute approximate surface area is 130 Å². The fourth-order valence-corrected chi connectivity index (χ4v) is 3.18. The Bertz CT molecular complexity index is 556. The maximum atomic E-state index is 11.9. The number of rotatable bonds is 6. The molecule has 1 saturated heterocycles. The van der Waals surface area contributed by atoms with E-state index in [0.29, 0.717) is 36.8 Å². The molecule has 1 aliphatic rings. The number of hydrogen-bond acceptors (Lipinski definition) is 5. The van der Waals surface area contributed by atoms with E-state index in [4.69, 9.17) is 5.11 Å². The van der Waals surface area contributed by atoms with Gasteiger partial charge in [0.15, 0.2) is 5.75 Å². The number of piperidine rings is 1. The first kappa shape index (κ1) is 17.0. The van der Waals surface area contributed by atoms with Gasteiger partial charge in [-0.25, -0.2) is 0 Å². The summed E-state index contributed by atoms with van der Waals surface area (Å²) in [7, 11) is 0. The average molecular weight is 310 g/mol. The zero-order valence-electron chi connectivity index (χ0n) is 13.2. The van der Waals surface area contributed by atoms with Crippen molar-refractivity contribution in [3.63, 3.8) is 0 Å². The van der Waals surface area contributed by atoms with Crippen LogP contribution in [0.2, 0.25) is 0 Å². The van der Waals surface area contributed by atoms with E-state index in [1.165, 1.54) is 12.5 Å². The predicted molar refractivity (Wildman–Crippen MR) is 83.7 cm³/mol. The Kier molecular flexibility index (Phi) is 5.99. The van der Waals surface area contributed by atoms with Crippen molar-refractivity contribution in [3.8, 4) is 5.75 Å². The number of aromatic hydroxyl groups is 1. The minimum Gasteiger partial charge on any atom is -0.503 e. The van der Waals surface area contributed by atoms with E-state index in [9.17, 15) is 15.0 Å². The van der Waals surface area contributed by atoms with Crippen LogP contribution in [0.15, 0.2) is 10.9 Å². The molecule has 0 aliphatic carbocycles. The third-order valence-electron chi connectivity index (χ3n) is 4.29. The van der Waals surface area contributed by atoms with Gasteiger partial charge in [-0.3, -0.25) is 9.69 Å². The summed E-state index contributed by atoms with van der Waals surface area (Å²) in [6.07, 6.45) is 2.83. The van der Waals surface area contributed by atoms with Crippen molar-refractivity contribution in [1.29, 1.82) is 0 Å². The van der Waals surface area contributed by atoms with E-state index in [-0.39, 0.29) is 19.0 Å². The van der Waals surface area contributed by atoms with Crippen LogP contribution in [0.1, 0.15) is 37.6 Å². The highest BCUT2D eigenvalue weighted by Crippen LogP contribution is 2.22. The summed E-state index contributed by atoms with van der Waals surface area (Å²) in [5.41, 5.74) is 0.569. The van der Waals surface area contributed by atoms with Gasteiger partial charge in [0, 0.05) is 38.0 Å². The highest BCUT2D eigenvalue weighted by molar-refractivity contribution is 5.30. The van der Waals surface area contributed by atoms with Gasteiger partial charge >= 0.3 is 0 Å². The van der Waals surface area contributed by atoms with Crippen molar-refractivity contribution in [2.24, 2.45) is 5.92 Å². The number of aliphatic hydroxyl groups excluding tert-OH is 2. The molecule has 1 aliphatic heterocycles. The molecule has 124 valence electrons. The van der Waals surface area contributed by atoms with Gasteiger partial charge in [0.05, 0.1) is 12.3 Å². The van der Waals surface area contributed by atoms with E-state index in [2.05, 4.69) is 11.8 Å². The fraction of sp³-hybridized carbons (Fsp3) is 0.688. The Morgan fingerprint density at radius 3 is 2.77 bits per heavy atom. The Balaban J connectivity index is 2.33. The molecule has 22 heavy (non-hydrogen) atoms. The predicted octanol–water partition coefficient (Wildman–Crippen LogP) is 0.660. The lowest BCUT2D eigenvalue weighted by molar-refractivity contribution is 0.168. The Hall–Kier alpha value is -1.37. The van der Waals surface area contributed by atoms with Crippen LogP contribution in [0.25, 0.3) is 0 Å². The molecule has 0 spiro atoms. The number of likely N-dealkylation sites (tertiary alicyclic amines) is 1. The van der Waals surface area contributed by atoms with E-state index in [1.54, 1.807) is 4.57 Å². The zero-order chi connectivity index (χ0) is 16.1. The van der Waals surface area contributed by atoms with Gasteiger partial charge in [-0.2, -0.15) is 0 Å². The second kappa shape index (κ2) is 7.76. The van der Waals surface area contributed by atoms with E-state index < -0.39 is 5.43 Å². The Morgan fingerprint density at radius 2 is 2.14 bits per heavy atom. The second-order valence-corrected chi connectivity index (χ2v) is 6.16. The van der Waals surface area contributed by atoms with Crippen LogP contribution in [0.3, 0.4) is 0 Å². The van der Waals surface area contributed by atoms with Gasteiger partial charge in [0.25, 0.3) is 0 Å². The molecule has 3 N–H and O–H groups in total. The van der Waals surface area contributed by atoms with Crippen LogP contribution in [0.5, 0.6) is 5.75 Å². The van der Waals surface area contributed by atoms with Gasteiger partial charge in [0.2, 0.25) is 5.43 Å². The summed E-state index contributed by atoms with van der Waals surface area (Å²) in [6, 6.07) is 1.27. The second-order valence-electron chi connectivity index (χ2n) is 6.16. The number of pyridine rings is 1. The molecular formula is C16H26N2O4. The summed E-state index contributed by atoms with van der Waals surface area (Å²) in [5.74, 6) is 0.364. The van der Waals surface area contributed by atoms with E-state index >= 15 is 0 Å². The lowest BCUT2D eigenvalue weighted by Crippen LogP contribution is -2.35. The molecule has 1 atom stereocenters. The Morgan fingerprint density at radius 1 is 1.36 bits per heavy atom. The lowest BCUT2D eigenvalue weighted by atomic mass is 10.00. The lowest BCUT2D eigenvalue weighted by Gasteiger charge is -2.32. The maximum absolute atomic E-state index is 11.9. The molecule has 1 aromatic rings. The third kappa shape index (κ3) is 3.88. The molecule has 0 saturated carbocycles. The van der Waals surface area contributed by atoms with E-state index in [1.807, 2.05) is 0 Å². The minimum atomic E-state index is -0.454. The molecular weight excluding hydrogens is 284 g/mol. The first-order valence-corrected chi connectivity index (χ1v) is 7.95. The van der Waals surface area contributed by atoms with Crippen LogP contribution in [0.4, 0.5) is 0 Å². The topological polar surface area (TPSA) is 85.9 Å². The summed E-state index contributed by atoms with van der Waals surface area (Å²) < 4.78 is 1.77. The van der Waals surface area contributed by atoms with Crippen molar-refractivity contribution >= 4 is 0 Å². The van der Waals surface area contributed by atoms with Crippen LogP contribution in [-0.2, 0) is 19.7 Å². The molecule has 0 bridgehead atoms.